The molecule has 1 aromatic carbocycles. The van der Waals surface area contributed by atoms with E-state index in [1.54, 1.807) is 19.0 Å². The number of carbonyl (C=O) groups is 3. The molecule has 1 atom stereocenters. The molecule has 0 heterocycles. The van der Waals surface area contributed by atoms with E-state index in [1.165, 1.54) is 4.90 Å². The summed E-state index contributed by atoms with van der Waals surface area (Å²) >= 11 is 0. The van der Waals surface area contributed by atoms with Crippen molar-refractivity contribution >= 4 is 17.8 Å². The van der Waals surface area contributed by atoms with Gasteiger partial charge in [0.05, 0.1) is 6.42 Å². The van der Waals surface area contributed by atoms with E-state index in [-0.39, 0.29) is 24.8 Å². The van der Waals surface area contributed by atoms with Gasteiger partial charge in [-0.3, -0.25) is 14.4 Å². The summed E-state index contributed by atoms with van der Waals surface area (Å²) in [7, 11) is 7.17. The molecule has 2 amide bonds. The fourth-order valence-electron chi connectivity index (χ4n) is 3.11. The van der Waals surface area contributed by atoms with Gasteiger partial charge in [-0.15, -0.1) is 0 Å². The maximum Gasteiger partial charge on any atom is 0.308 e. The smallest absolute Gasteiger partial charge is 0.308 e. The molecular formula is C24H39N3O4. The van der Waals surface area contributed by atoms with Crippen LogP contribution in [-0.2, 0) is 25.7 Å². The number of esters is 1. The monoisotopic (exact) mass is 433 g/mol. The van der Waals surface area contributed by atoms with E-state index in [9.17, 15) is 14.4 Å². The van der Waals surface area contributed by atoms with Gasteiger partial charge in [-0.05, 0) is 26.1 Å². The molecule has 7 nitrogen and oxygen atoms in total. The van der Waals surface area contributed by atoms with Crippen molar-refractivity contribution in [2.75, 3.05) is 41.3 Å². The second kappa shape index (κ2) is 14.6. The van der Waals surface area contributed by atoms with E-state index in [4.69, 9.17) is 4.74 Å². The van der Waals surface area contributed by atoms with Crippen LogP contribution >= 0.6 is 0 Å². The molecule has 0 aliphatic rings. The molecule has 0 spiro atoms. The first-order chi connectivity index (χ1) is 14.8. The van der Waals surface area contributed by atoms with Crippen LogP contribution in [0.15, 0.2) is 30.3 Å². The van der Waals surface area contributed by atoms with Crippen LogP contribution < -0.4 is 0 Å². The zero-order valence-corrected chi connectivity index (χ0v) is 19.8. The Balaban J connectivity index is 2.78. The summed E-state index contributed by atoms with van der Waals surface area (Å²) < 4.78 is 5.37. The quantitative estimate of drug-likeness (QED) is 0.333. The molecule has 0 saturated heterocycles. The maximum atomic E-state index is 13.1. The first-order valence-electron chi connectivity index (χ1n) is 11.1. The Morgan fingerprint density at radius 1 is 0.935 bits per heavy atom. The highest BCUT2D eigenvalue weighted by Gasteiger charge is 2.31. The van der Waals surface area contributed by atoms with Crippen LogP contribution in [0, 0.1) is 0 Å². The average molecular weight is 434 g/mol. The minimum Gasteiger partial charge on any atom is -0.461 e. The highest BCUT2D eigenvalue weighted by molar-refractivity contribution is 5.90. The normalized spacial score (nSPS) is 11.8. The fraction of sp³-hybridized carbons (Fsp3) is 0.625. The third-order valence-electron chi connectivity index (χ3n) is 5.25. The molecule has 174 valence electrons. The molecule has 0 radical (unpaired) electrons. The Morgan fingerprint density at radius 3 is 2.23 bits per heavy atom. The maximum absolute atomic E-state index is 13.1. The van der Waals surface area contributed by atoms with Gasteiger partial charge < -0.3 is 19.4 Å². The van der Waals surface area contributed by atoms with Crippen LogP contribution in [-0.4, -0.2) is 79.8 Å². The van der Waals surface area contributed by atoms with Crippen LogP contribution in [0.5, 0.6) is 0 Å². The lowest BCUT2D eigenvalue weighted by atomic mass is 10.1. The molecule has 0 aromatic heterocycles. The molecule has 0 aliphatic heterocycles. The van der Waals surface area contributed by atoms with E-state index in [1.807, 2.05) is 49.3 Å². The molecule has 0 bridgehead atoms. The summed E-state index contributed by atoms with van der Waals surface area (Å²) in [6, 6.07) is 8.52. The van der Waals surface area contributed by atoms with Gasteiger partial charge in [-0.25, -0.2) is 0 Å². The van der Waals surface area contributed by atoms with Crippen LogP contribution in [0.1, 0.15) is 51.0 Å². The van der Waals surface area contributed by atoms with E-state index < -0.39 is 12.0 Å². The standard InChI is InChI=1S/C24H39N3O4/c1-6-7-8-12-15-22(28)27(5)21(24(30)26(4)17-16-25(2)3)18-23(29)31-19-20-13-10-9-11-14-20/h9-11,13-14,21H,6-8,12,15-19H2,1-5H3/t21-/m0/s1. The fourth-order valence-corrected chi connectivity index (χ4v) is 3.11. The van der Waals surface area contributed by atoms with E-state index in [2.05, 4.69) is 6.92 Å². The number of carbonyl (C=O) groups excluding carboxylic acids is 3. The molecule has 1 aromatic rings. The minimum atomic E-state index is -0.867. The van der Waals surface area contributed by atoms with Crippen molar-refractivity contribution in [1.29, 1.82) is 0 Å². The largest absolute Gasteiger partial charge is 0.461 e. The summed E-state index contributed by atoms with van der Waals surface area (Å²) in [4.78, 5) is 43.3. The second-order valence-corrected chi connectivity index (χ2v) is 8.24. The van der Waals surface area contributed by atoms with Gasteiger partial charge >= 0.3 is 5.97 Å². The molecule has 0 unspecified atom stereocenters. The van der Waals surface area contributed by atoms with Crippen molar-refractivity contribution in [3.63, 3.8) is 0 Å². The third-order valence-corrected chi connectivity index (χ3v) is 5.25. The summed E-state index contributed by atoms with van der Waals surface area (Å²) in [6.45, 7) is 3.47. The molecule has 31 heavy (non-hydrogen) atoms. The van der Waals surface area contributed by atoms with Crippen LogP contribution in [0.2, 0.25) is 0 Å². The molecule has 0 saturated carbocycles. The highest BCUT2D eigenvalue weighted by atomic mass is 16.5. The molecule has 0 N–H and O–H groups in total. The van der Waals surface area contributed by atoms with Gasteiger partial charge in [0.1, 0.15) is 12.6 Å². The SMILES string of the molecule is CCCCCCC(=O)N(C)[C@@H](CC(=O)OCc1ccccc1)C(=O)N(C)CCN(C)C. The summed E-state index contributed by atoms with van der Waals surface area (Å²) in [5.74, 6) is -0.858. The lowest BCUT2D eigenvalue weighted by molar-refractivity contribution is -0.153. The number of hydrogen-bond donors (Lipinski definition) is 0. The number of likely N-dealkylation sites (N-methyl/N-ethyl adjacent to an activating group) is 3. The van der Waals surface area contributed by atoms with Crippen molar-refractivity contribution < 1.29 is 19.1 Å². The van der Waals surface area contributed by atoms with E-state index in [0.29, 0.717) is 19.5 Å². The Morgan fingerprint density at radius 2 is 1.61 bits per heavy atom. The molecule has 1 rings (SSSR count). The van der Waals surface area contributed by atoms with Crippen LogP contribution in [0.25, 0.3) is 0 Å². The number of hydrogen-bond acceptors (Lipinski definition) is 5. The molecule has 0 fully saturated rings. The van der Waals surface area contributed by atoms with Crippen molar-refractivity contribution in [2.45, 2.75) is 58.1 Å². The van der Waals surface area contributed by atoms with Gasteiger partial charge in [0.2, 0.25) is 11.8 Å². The van der Waals surface area contributed by atoms with Crippen molar-refractivity contribution in [2.24, 2.45) is 0 Å². The first-order valence-corrected chi connectivity index (χ1v) is 11.1. The van der Waals surface area contributed by atoms with Crippen molar-refractivity contribution in [1.82, 2.24) is 14.7 Å². The highest BCUT2D eigenvalue weighted by Crippen LogP contribution is 2.13. The third kappa shape index (κ3) is 10.4. The van der Waals surface area contributed by atoms with E-state index >= 15 is 0 Å². The predicted octanol–water partition coefficient (Wildman–Crippen LogP) is 2.94. The summed E-state index contributed by atoms with van der Waals surface area (Å²) in [5.41, 5.74) is 0.877. The van der Waals surface area contributed by atoms with E-state index in [0.717, 1.165) is 31.2 Å². The molecule has 0 aliphatic carbocycles. The van der Waals surface area contributed by atoms with Gasteiger partial charge in [-0.2, -0.15) is 0 Å². The molecular weight excluding hydrogens is 394 g/mol. The van der Waals surface area contributed by atoms with Gasteiger partial charge in [-0.1, -0.05) is 56.5 Å². The van der Waals surface area contributed by atoms with Crippen molar-refractivity contribution in [3.8, 4) is 0 Å². The average Bonchev–Trinajstić information content (AvgIpc) is 2.76. The zero-order valence-electron chi connectivity index (χ0n) is 19.8. The number of unbranched alkanes of at least 4 members (excludes halogenated alkanes) is 3. The minimum absolute atomic E-state index is 0.119. The number of benzene rings is 1. The van der Waals surface area contributed by atoms with Gasteiger partial charge in [0.25, 0.3) is 0 Å². The molecule has 7 heteroatoms. The topological polar surface area (TPSA) is 70.2 Å². The summed E-state index contributed by atoms with van der Waals surface area (Å²) in [5, 5.41) is 0. The number of rotatable bonds is 14. The van der Waals surface area contributed by atoms with Crippen LogP contribution in [0.4, 0.5) is 0 Å². The Bertz CT molecular complexity index is 679. The summed E-state index contributed by atoms with van der Waals surface area (Å²) in [6.07, 6.45) is 4.16. The Kier molecular flexibility index (Phi) is 12.5. The Hall–Kier alpha value is -2.41. The first kappa shape index (κ1) is 26.6. The second-order valence-electron chi connectivity index (χ2n) is 8.24. The predicted molar refractivity (Wildman–Crippen MR) is 122 cm³/mol. The number of amides is 2. The van der Waals surface area contributed by atoms with Gasteiger partial charge in [0.15, 0.2) is 0 Å². The lowest BCUT2D eigenvalue weighted by Gasteiger charge is -2.31. The zero-order chi connectivity index (χ0) is 23.2. The number of nitrogens with zero attached hydrogens (tertiary/aromatic N) is 3. The van der Waals surface area contributed by atoms with Gasteiger partial charge in [0, 0.05) is 33.6 Å². The lowest BCUT2D eigenvalue weighted by Crippen LogP contribution is -2.50. The number of ether oxygens (including phenoxy) is 1. The Labute approximate surface area is 187 Å². The van der Waals surface area contributed by atoms with Crippen molar-refractivity contribution in [3.05, 3.63) is 35.9 Å². The van der Waals surface area contributed by atoms with Crippen LogP contribution in [0.3, 0.4) is 0 Å².